The zero-order chi connectivity index (χ0) is 13.1. The quantitative estimate of drug-likeness (QED) is 0.618. The molecule has 0 aliphatic rings. The van der Waals surface area contributed by atoms with E-state index < -0.39 is 12.0 Å². The van der Waals surface area contributed by atoms with E-state index in [0.717, 1.165) is 11.6 Å². The summed E-state index contributed by atoms with van der Waals surface area (Å²) in [5, 5.41) is -0.308. The lowest BCUT2D eigenvalue weighted by atomic mass is 10.3. The number of aromatic nitrogens is 2. The molecule has 17 heavy (non-hydrogen) atoms. The van der Waals surface area contributed by atoms with Crippen LogP contribution in [0.2, 0.25) is 5.15 Å². The average Bonchev–Trinajstić information content (AvgIpc) is 2.14. The van der Waals surface area contributed by atoms with Crippen LogP contribution in [-0.4, -0.2) is 16.6 Å². The van der Waals surface area contributed by atoms with Crippen LogP contribution in [-0.2, 0) is 6.18 Å². The summed E-state index contributed by atoms with van der Waals surface area (Å²) in [7, 11) is 0. The molecule has 1 rings (SSSR count). The van der Waals surface area contributed by atoms with Crippen LogP contribution >= 0.6 is 11.6 Å². The molecule has 7 heteroatoms. The molecule has 0 atom stereocenters. The zero-order valence-corrected chi connectivity index (χ0v) is 9.77. The minimum absolute atomic E-state index is 0.194. The molecule has 0 unspecified atom stereocenters. The van der Waals surface area contributed by atoms with E-state index in [1.54, 1.807) is 6.92 Å². The van der Waals surface area contributed by atoms with Crippen molar-refractivity contribution in [3.8, 4) is 5.88 Å². The fourth-order valence-corrected chi connectivity index (χ4v) is 1.10. The molecule has 1 heterocycles. The Kier molecular flexibility index (Phi) is 4.34. The number of rotatable bonds is 4. The van der Waals surface area contributed by atoms with Crippen molar-refractivity contribution in [1.82, 2.24) is 9.97 Å². The van der Waals surface area contributed by atoms with Crippen molar-refractivity contribution >= 4 is 11.6 Å². The van der Waals surface area contributed by atoms with Gasteiger partial charge in [0.15, 0.2) is 0 Å². The number of nitrogens with zero attached hydrogens (tertiary/aromatic N) is 2. The van der Waals surface area contributed by atoms with Gasteiger partial charge >= 0.3 is 6.18 Å². The zero-order valence-electron chi connectivity index (χ0n) is 9.01. The Labute approximate surface area is 101 Å². The minimum Gasteiger partial charge on any atom is -0.477 e. The number of halogens is 4. The summed E-state index contributed by atoms with van der Waals surface area (Å²) < 4.78 is 42.1. The second kappa shape index (κ2) is 5.35. The first-order valence-corrected chi connectivity index (χ1v) is 5.06. The molecule has 94 valence electrons. The second-order valence-electron chi connectivity index (χ2n) is 3.41. The second-order valence-corrected chi connectivity index (χ2v) is 3.79. The highest BCUT2D eigenvalue weighted by Gasteiger charge is 2.35. The summed E-state index contributed by atoms with van der Waals surface area (Å²) in [6, 6.07) is 1.13. The maximum atomic E-state index is 12.3. The Balaban J connectivity index is 2.79. The van der Waals surface area contributed by atoms with Gasteiger partial charge in [0.2, 0.25) is 11.7 Å². The maximum Gasteiger partial charge on any atom is 0.451 e. The van der Waals surface area contributed by atoms with Gasteiger partial charge in [0.25, 0.3) is 0 Å². The highest BCUT2D eigenvalue weighted by molar-refractivity contribution is 6.29. The number of hydrogen-bond acceptors (Lipinski definition) is 3. The van der Waals surface area contributed by atoms with E-state index in [9.17, 15) is 13.2 Å². The van der Waals surface area contributed by atoms with Gasteiger partial charge in [-0.3, -0.25) is 0 Å². The van der Waals surface area contributed by atoms with Gasteiger partial charge in [0, 0.05) is 12.5 Å². The Bertz CT molecular complexity index is 421. The molecule has 3 nitrogen and oxygen atoms in total. The molecule has 0 N–H and O–H groups in total. The minimum atomic E-state index is -4.64. The fourth-order valence-electron chi connectivity index (χ4n) is 0.928. The summed E-state index contributed by atoms with van der Waals surface area (Å²) in [6.07, 6.45) is -4.11. The number of alkyl halides is 3. The van der Waals surface area contributed by atoms with Crippen LogP contribution < -0.4 is 4.74 Å². The summed E-state index contributed by atoms with van der Waals surface area (Å²) in [6.45, 7) is 5.63. The summed E-state index contributed by atoms with van der Waals surface area (Å²) in [5.41, 5.74) is 0.862. The van der Waals surface area contributed by atoms with E-state index >= 15 is 0 Å². The lowest BCUT2D eigenvalue weighted by molar-refractivity contribution is -0.145. The predicted molar refractivity (Wildman–Crippen MR) is 57.0 cm³/mol. The first-order chi connectivity index (χ1) is 7.79. The van der Waals surface area contributed by atoms with Crippen LogP contribution in [0, 0.1) is 0 Å². The molecule has 0 saturated heterocycles. The molecule has 0 aliphatic heterocycles. The average molecular weight is 267 g/mol. The maximum absolute atomic E-state index is 12.3. The summed E-state index contributed by atoms with van der Waals surface area (Å²) >= 11 is 5.45. The monoisotopic (exact) mass is 266 g/mol. The van der Waals surface area contributed by atoms with E-state index in [1.807, 2.05) is 0 Å². The molecule has 0 radical (unpaired) electrons. The molecular weight excluding hydrogens is 257 g/mol. The third-order valence-corrected chi connectivity index (χ3v) is 1.90. The van der Waals surface area contributed by atoms with Crippen molar-refractivity contribution < 1.29 is 17.9 Å². The number of hydrogen-bond donors (Lipinski definition) is 0. The largest absolute Gasteiger partial charge is 0.477 e. The summed E-state index contributed by atoms with van der Waals surface area (Å²) in [4.78, 5) is 6.31. The standard InChI is InChI=1S/C10H10ClF3N2O/c1-6(2)3-4-17-8-5-7(11)15-9(16-8)10(12,13)14/h5H,1,3-4H2,2H3. The molecule has 0 saturated carbocycles. The topological polar surface area (TPSA) is 35.0 Å². The molecule has 1 aromatic rings. The van der Waals surface area contributed by atoms with Gasteiger partial charge in [-0.15, -0.1) is 6.58 Å². The smallest absolute Gasteiger partial charge is 0.451 e. The first-order valence-electron chi connectivity index (χ1n) is 4.68. The highest BCUT2D eigenvalue weighted by atomic mass is 35.5. The van der Waals surface area contributed by atoms with E-state index in [2.05, 4.69) is 16.5 Å². The van der Waals surface area contributed by atoms with Gasteiger partial charge in [-0.1, -0.05) is 17.2 Å². The molecule has 0 bridgehead atoms. The van der Waals surface area contributed by atoms with Gasteiger partial charge in [0.05, 0.1) is 6.61 Å². The normalized spacial score (nSPS) is 11.4. The lowest BCUT2D eigenvalue weighted by Crippen LogP contribution is -2.12. The molecule has 1 aromatic heterocycles. The van der Waals surface area contributed by atoms with Gasteiger partial charge in [0.1, 0.15) is 5.15 Å². The Hall–Kier alpha value is -1.30. The summed E-state index contributed by atoms with van der Waals surface area (Å²) in [5.74, 6) is -1.51. The van der Waals surface area contributed by atoms with Crippen molar-refractivity contribution in [1.29, 1.82) is 0 Å². The Morgan fingerprint density at radius 3 is 2.65 bits per heavy atom. The van der Waals surface area contributed by atoms with Crippen LogP contribution in [0.25, 0.3) is 0 Å². The van der Waals surface area contributed by atoms with Crippen LogP contribution in [0.5, 0.6) is 5.88 Å². The van der Waals surface area contributed by atoms with Crippen LogP contribution in [0.15, 0.2) is 18.2 Å². The van der Waals surface area contributed by atoms with Crippen LogP contribution in [0.1, 0.15) is 19.2 Å². The Morgan fingerprint density at radius 2 is 2.12 bits per heavy atom. The van der Waals surface area contributed by atoms with Crippen LogP contribution in [0.4, 0.5) is 13.2 Å². The van der Waals surface area contributed by atoms with Crippen molar-refractivity contribution in [2.75, 3.05) is 6.61 Å². The molecule has 0 aromatic carbocycles. The molecule has 0 amide bonds. The van der Waals surface area contributed by atoms with E-state index in [1.165, 1.54) is 0 Å². The van der Waals surface area contributed by atoms with Crippen molar-refractivity contribution in [2.45, 2.75) is 19.5 Å². The van der Waals surface area contributed by atoms with Gasteiger partial charge in [-0.2, -0.15) is 18.2 Å². The SMILES string of the molecule is C=C(C)CCOc1cc(Cl)nc(C(F)(F)F)n1. The predicted octanol–water partition coefficient (Wildman–Crippen LogP) is 3.49. The molecule has 0 aliphatic carbocycles. The van der Waals surface area contributed by atoms with Gasteiger partial charge < -0.3 is 4.74 Å². The molecular formula is C10H10ClF3N2O. The van der Waals surface area contributed by atoms with E-state index in [0.29, 0.717) is 6.42 Å². The molecule has 0 fully saturated rings. The van der Waals surface area contributed by atoms with Crippen molar-refractivity contribution in [3.63, 3.8) is 0 Å². The molecule has 0 spiro atoms. The first kappa shape index (κ1) is 13.8. The van der Waals surface area contributed by atoms with Crippen molar-refractivity contribution in [2.24, 2.45) is 0 Å². The lowest BCUT2D eigenvalue weighted by Gasteiger charge is -2.09. The van der Waals surface area contributed by atoms with Gasteiger partial charge in [-0.25, -0.2) is 4.98 Å². The van der Waals surface area contributed by atoms with E-state index in [4.69, 9.17) is 16.3 Å². The fraction of sp³-hybridized carbons (Fsp3) is 0.400. The van der Waals surface area contributed by atoms with Crippen molar-refractivity contribution in [3.05, 3.63) is 29.2 Å². The highest BCUT2D eigenvalue weighted by Crippen LogP contribution is 2.28. The van der Waals surface area contributed by atoms with E-state index in [-0.39, 0.29) is 17.6 Å². The van der Waals surface area contributed by atoms with Crippen LogP contribution in [0.3, 0.4) is 0 Å². The number of ether oxygens (including phenoxy) is 1. The Morgan fingerprint density at radius 1 is 1.47 bits per heavy atom. The van der Waals surface area contributed by atoms with Gasteiger partial charge in [-0.05, 0) is 6.92 Å². The third kappa shape index (κ3) is 4.60. The third-order valence-electron chi connectivity index (χ3n) is 1.70.